The van der Waals surface area contributed by atoms with Gasteiger partial charge in [-0.15, -0.1) is 0 Å². The zero-order valence-corrected chi connectivity index (χ0v) is 13.2. The van der Waals surface area contributed by atoms with Gasteiger partial charge in [-0.1, -0.05) is 6.92 Å². The van der Waals surface area contributed by atoms with Gasteiger partial charge < -0.3 is 5.32 Å². The van der Waals surface area contributed by atoms with E-state index in [4.69, 9.17) is 5.10 Å². The van der Waals surface area contributed by atoms with E-state index in [0.717, 1.165) is 25.3 Å². The van der Waals surface area contributed by atoms with Crippen LogP contribution in [-0.2, 0) is 13.1 Å². The Labute approximate surface area is 126 Å². The number of aromatic nitrogens is 4. The van der Waals surface area contributed by atoms with Crippen molar-refractivity contribution < 1.29 is 0 Å². The minimum Gasteiger partial charge on any atom is -0.363 e. The lowest BCUT2D eigenvalue weighted by atomic mass is 10.2. The fraction of sp³-hybridized carbons (Fsp3) is 0.625. The quantitative estimate of drug-likeness (QED) is 0.847. The summed E-state index contributed by atoms with van der Waals surface area (Å²) < 4.78 is 4.13. The van der Waals surface area contributed by atoms with Gasteiger partial charge in [0.15, 0.2) is 0 Å². The fourth-order valence-electron chi connectivity index (χ4n) is 2.60. The van der Waals surface area contributed by atoms with E-state index in [9.17, 15) is 0 Å². The molecule has 0 amide bonds. The average Bonchev–Trinajstić information content (AvgIpc) is 3.06. The Morgan fingerprint density at radius 2 is 2.14 bits per heavy atom. The molecule has 5 nitrogen and oxygen atoms in total. The molecule has 1 saturated carbocycles. The summed E-state index contributed by atoms with van der Waals surface area (Å²) in [6.07, 6.45) is 5.72. The van der Waals surface area contributed by atoms with Gasteiger partial charge >= 0.3 is 0 Å². The van der Waals surface area contributed by atoms with Crippen molar-refractivity contribution in [1.82, 2.24) is 19.6 Å². The molecule has 5 heteroatoms. The highest BCUT2D eigenvalue weighted by molar-refractivity contribution is 5.33. The summed E-state index contributed by atoms with van der Waals surface area (Å²) in [6, 6.07) is 4.69. The predicted molar refractivity (Wildman–Crippen MR) is 84.4 cm³/mol. The number of hydrogen-bond donors (Lipinski definition) is 1. The first kappa shape index (κ1) is 14.2. The molecule has 2 aromatic heterocycles. The molecule has 0 radical (unpaired) electrons. The highest BCUT2D eigenvalue weighted by Gasteiger charge is 2.27. The molecular formula is C16H25N5. The number of nitrogens with one attached hydrogen (secondary N) is 1. The first-order valence-electron chi connectivity index (χ1n) is 8.03. The van der Waals surface area contributed by atoms with E-state index in [-0.39, 0.29) is 0 Å². The van der Waals surface area contributed by atoms with Gasteiger partial charge in [-0.05, 0) is 39.2 Å². The monoisotopic (exact) mass is 287 g/mol. The normalized spacial score (nSPS) is 14.9. The SMILES string of the molecule is CCCn1ccc(NCc2cc(C3CC3)nn2C(C)C)n1. The zero-order chi connectivity index (χ0) is 14.8. The highest BCUT2D eigenvalue weighted by Crippen LogP contribution is 2.39. The Kier molecular flexibility index (Phi) is 3.99. The van der Waals surface area contributed by atoms with Crippen molar-refractivity contribution in [3.8, 4) is 0 Å². The third-order valence-electron chi connectivity index (χ3n) is 3.86. The van der Waals surface area contributed by atoms with Gasteiger partial charge in [0.2, 0.25) is 0 Å². The molecule has 0 spiro atoms. The summed E-state index contributed by atoms with van der Waals surface area (Å²) in [5, 5.41) is 12.7. The van der Waals surface area contributed by atoms with Crippen LogP contribution < -0.4 is 5.32 Å². The second kappa shape index (κ2) is 5.92. The number of rotatable bonds is 7. The standard InChI is InChI=1S/C16H25N5/c1-4-8-20-9-7-16(19-20)17-11-14-10-15(13-5-6-13)18-21(14)12(2)3/h7,9-10,12-13H,4-6,8,11H2,1-3H3,(H,17,19). The smallest absolute Gasteiger partial charge is 0.148 e. The van der Waals surface area contributed by atoms with Gasteiger partial charge in [0.05, 0.1) is 17.9 Å². The molecule has 0 aliphatic heterocycles. The fourth-order valence-corrected chi connectivity index (χ4v) is 2.60. The predicted octanol–water partition coefficient (Wildman–Crippen LogP) is 3.56. The van der Waals surface area contributed by atoms with E-state index in [1.165, 1.54) is 24.2 Å². The third-order valence-corrected chi connectivity index (χ3v) is 3.86. The molecular weight excluding hydrogens is 262 g/mol. The summed E-state index contributed by atoms with van der Waals surface area (Å²) >= 11 is 0. The van der Waals surface area contributed by atoms with Gasteiger partial charge in [-0.25, -0.2) is 0 Å². The van der Waals surface area contributed by atoms with Crippen LogP contribution in [0.3, 0.4) is 0 Å². The minimum absolute atomic E-state index is 0.395. The lowest BCUT2D eigenvalue weighted by molar-refractivity contribution is 0.507. The van der Waals surface area contributed by atoms with E-state index >= 15 is 0 Å². The maximum absolute atomic E-state index is 4.77. The third kappa shape index (κ3) is 3.28. The van der Waals surface area contributed by atoms with Crippen LogP contribution in [0.4, 0.5) is 5.82 Å². The van der Waals surface area contributed by atoms with Gasteiger partial charge in [-0.2, -0.15) is 10.2 Å². The lowest BCUT2D eigenvalue weighted by Crippen LogP contribution is -2.11. The summed E-state index contributed by atoms with van der Waals surface area (Å²) in [5.74, 6) is 1.64. The molecule has 114 valence electrons. The summed E-state index contributed by atoms with van der Waals surface area (Å²) in [6.45, 7) is 8.28. The van der Waals surface area contributed by atoms with E-state index in [0.29, 0.717) is 12.0 Å². The van der Waals surface area contributed by atoms with Crippen molar-refractivity contribution in [1.29, 1.82) is 0 Å². The number of anilines is 1. The van der Waals surface area contributed by atoms with E-state index in [1.807, 2.05) is 16.9 Å². The molecule has 1 fully saturated rings. The van der Waals surface area contributed by atoms with Crippen molar-refractivity contribution in [2.45, 2.75) is 65.1 Å². The Bertz CT molecular complexity index is 592. The summed E-state index contributed by atoms with van der Waals surface area (Å²) in [5.41, 5.74) is 2.51. The van der Waals surface area contributed by atoms with E-state index in [1.54, 1.807) is 0 Å². The van der Waals surface area contributed by atoms with Crippen LogP contribution in [0.15, 0.2) is 18.3 Å². The molecule has 2 aromatic rings. The molecule has 0 bridgehead atoms. The minimum atomic E-state index is 0.395. The van der Waals surface area contributed by atoms with Crippen LogP contribution in [0.1, 0.15) is 63.4 Å². The Morgan fingerprint density at radius 1 is 1.33 bits per heavy atom. The Morgan fingerprint density at radius 3 is 2.81 bits per heavy atom. The van der Waals surface area contributed by atoms with Crippen LogP contribution in [0, 0.1) is 0 Å². The number of aryl methyl sites for hydroxylation is 1. The molecule has 0 atom stereocenters. The molecule has 1 aliphatic carbocycles. The number of nitrogens with zero attached hydrogens (tertiary/aromatic N) is 4. The first-order valence-corrected chi connectivity index (χ1v) is 8.03. The van der Waals surface area contributed by atoms with Crippen molar-refractivity contribution in [3.63, 3.8) is 0 Å². The maximum Gasteiger partial charge on any atom is 0.148 e. The van der Waals surface area contributed by atoms with Crippen LogP contribution in [0.5, 0.6) is 0 Å². The summed E-state index contributed by atoms with van der Waals surface area (Å²) in [4.78, 5) is 0. The Balaban J connectivity index is 1.68. The molecule has 1 N–H and O–H groups in total. The van der Waals surface area contributed by atoms with Gasteiger partial charge in [0, 0.05) is 30.8 Å². The molecule has 0 saturated heterocycles. The van der Waals surface area contributed by atoms with Crippen molar-refractivity contribution in [3.05, 3.63) is 29.7 Å². The molecule has 0 aromatic carbocycles. The largest absolute Gasteiger partial charge is 0.363 e. The van der Waals surface area contributed by atoms with Crippen LogP contribution in [0.25, 0.3) is 0 Å². The lowest BCUT2D eigenvalue weighted by Gasteiger charge is -2.11. The molecule has 21 heavy (non-hydrogen) atoms. The molecule has 1 aliphatic rings. The molecule has 0 unspecified atom stereocenters. The van der Waals surface area contributed by atoms with Crippen molar-refractivity contribution in [2.24, 2.45) is 0 Å². The molecule has 2 heterocycles. The van der Waals surface area contributed by atoms with Crippen LogP contribution in [0.2, 0.25) is 0 Å². The van der Waals surface area contributed by atoms with Gasteiger partial charge in [-0.3, -0.25) is 9.36 Å². The number of hydrogen-bond acceptors (Lipinski definition) is 3. The maximum atomic E-state index is 4.77. The second-order valence-electron chi connectivity index (χ2n) is 6.19. The Hall–Kier alpha value is -1.78. The molecule has 3 rings (SSSR count). The van der Waals surface area contributed by atoms with Crippen molar-refractivity contribution >= 4 is 5.82 Å². The highest BCUT2D eigenvalue weighted by atomic mass is 15.3. The van der Waals surface area contributed by atoms with Crippen LogP contribution in [-0.4, -0.2) is 19.6 Å². The summed E-state index contributed by atoms with van der Waals surface area (Å²) in [7, 11) is 0. The average molecular weight is 287 g/mol. The second-order valence-corrected chi connectivity index (χ2v) is 6.19. The van der Waals surface area contributed by atoms with Gasteiger partial charge in [0.25, 0.3) is 0 Å². The van der Waals surface area contributed by atoms with Gasteiger partial charge in [0.1, 0.15) is 5.82 Å². The van der Waals surface area contributed by atoms with E-state index < -0.39 is 0 Å². The zero-order valence-electron chi connectivity index (χ0n) is 13.2. The first-order chi connectivity index (χ1) is 10.2. The van der Waals surface area contributed by atoms with Crippen molar-refractivity contribution in [2.75, 3.05) is 5.32 Å². The van der Waals surface area contributed by atoms with E-state index in [2.05, 4.69) is 41.9 Å². The van der Waals surface area contributed by atoms with Crippen LogP contribution >= 0.6 is 0 Å². The topological polar surface area (TPSA) is 47.7 Å².